The average Bonchev–Trinajstić information content (AvgIpc) is 3.03. The summed E-state index contributed by atoms with van der Waals surface area (Å²) in [6.07, 6.45) is 0.654. The zero-order chi connectivity index (χ0) is 13.2. The fraction of sp³-hybridized carbons (Fsp3) is 0.571. The molecule has 2 N–H and O–H groups in total. The highest BCUT2D eigenvalue weighted by molar-refractivity contribution is 5.45. The van der Waals surface area contributed by atoms with Crippen molar-refractivity contribution in [3.8, 4) is 11.5 Å². The Labute approximate surface area is 112 Å². The molecule has 0 aromatic heterocycles. The molecule has 3 rings (SSSR count). The Bertz CT molecular complexity index is 451. The molecule has 0 radical (unpaired) electrons. The third-order valence-corrected chi connectivity index (χ3v) is 3.73. The second-order valence-electron chi connectivity index (χ2n) is 5.01. The summed E-state index contributed by atoms with van der Waals surface area (Å²) in [5.74, 6) is 1.44. The molecule has 104 valence electrons. The number of benzene rings is 1. The van der Waals surface area contributed by atoms with Gasteiger partial charge in [-0.25, -0.2) is 0 Å². The lowest BCUT2D eigenvalue weighted by atomic mass is 10.1. The largest absolute Gasteiger partial charge is 0.454 e. The molecule has 1 aromatic carbocycles. The lowest BCUT2D eigenvalue weighted by molar-refractivity contribution is 0.107. The van der Waals surface area contributed by atoms with Crippen LogP contribution >= 0.6 is 0 Å². The van der Waals surface area contributed by atoms with Crippen LogP contribution in [0.5, 0.6) is 11.5 Å². The molecule has 0 amide bonds. The van der Waals surface area contributed by atoms with Crippen molar-refractivity contribution in [3.63, 3.8) is 0 Å². The van der Waals surface area contributed by atoms with E-state index in [1.807, 2.05) is 18.2 Å². The first-order valence-corrected chi connectivity index (χ1v) is 6.66. The minimum atomic E-state index is -0.553. The van der Waals surface area contributed by atoms with Crippen LogP contribution in [0.25, 0.3) is 0 Å². The number of hydrogen-bond donors (Lipinski definition) is 2. The first-order chi connectivity index (χ1) is 9.24. The van der Waals surface area contributed by atoms with Gasteiger partial charge in [0.05, 0.1) is 12.2 Å². The number of rotatable bonds is 4. The number of aliphatic hydroxyl groups excluding tert-OH is 1. The van der Waals surface area contributed by atoms with Gasteiger partial charge in [-0.15, -0.1) is 0 Å². The molecule has 1 fully saturated rings. The monoisotopic (exact) mass is 265 g/mol. The molecular weight excluding hydrogens is 246 g/mol. The first-order valence-electron chi connectivity index (χ1n) is 6.66. The van der Waals surface area contributed by atoms with Gasteiger partial charge in [0.2, 0.25) is 6.79 Å². The maximum atomic E-state index is 10.2. The molecule has 0 bridgehead atoms. The molecule has 2 heterocycles. The number of fused-ring (bicyclic) bond motifs is 1. The highest BCUT2D eigenvalue weighted by Gasteiger charge is 2.24. The van der Waals surface area contributed by atoms with Gasteiger partial charge in [0.15, 0.2) is 11.5 Å². The molecule has 3 unspecified atom stereocenters. The summed E-state index contributed by atoms with van der Waals surface area (Å²) in [6, 6.07) is 5.86. The lowest BCUT2D eigenvalue weighted by Gasteiger charge is -2.19. The molecule has 5 heteroatoms. The van der Waals surface area contributed by atoms with Crippen LogP contribution in [-0.2, 0) is 4.74 Å². The summed E-state index contributed by atoms with van der Waals surface area (Å²) in [5.41, 5.74) is 0.836. The maximum Gasteiger partial charge on any atom is 0.231 e. The van der Waals surface area contributed by atoms with Crippen molar-refractivity contribution in [1.29, 1.82) is 0 Å². The Morgan fingerprint density at radius 3 is 3.00 bits per heavy atom. The van der Waals surface area contributed by atoms with Crippen molar-refractivity contribution in [2.24, 2.45) is 0 Å². The minimum absolute atomic E-state index is 0.212. The normalized spacial score (nSPS) is 26.6. The third-order valence-electron chi connectivity index (χ3n) is 3.73. The standard InChI is InChI=1S/C14H19NO4/c1-9-11(4-5-17-9)15-7-12(16)10-2-3-13-14(6-10)19-8-18-13/h2-3,6,9,11-12,15-16H,4-5,7-8H2,1H3. The van der Waals surface area contributed by atoms with Crippen LogP contribution in [0.1, 0.15) is 25.0 Å². The molecule has 1 saturated heterocycles. The van der Waals surface area contributed by atoms with E-state index in [-0.39, 0.29) is 12.9 Å². The van der Waals surface area contributed by atoms with Crippen molar-refractivity contribution in [2.45, 2.75) is 31.6 Å². The topological polar surface area (TPSA) is 60.0 Å². The Morgan fingerprint density at radius 1 is 1.37 bits per heavy atom. The minimum Gasteiger partial charge on any atom is -0.454 e. The molecule has 2 aliphatic rings. The Morgan fingerprint density at radius 2 is 2.21 bits per heavy atom. The summed E-state index contributed by atoms with van der Waals surface area (Å²) < 4.78 is 16.0. The first kappa shape index (κ1) is 12.7. The summed E-state index contributed by atoms with van der Waals surface area (Å²) in [4.78, 5) is 0. The van der Waals surface area contributed by atoms with Crippen molar-refractivity contribution in [2.75, 3.05) is 19.9 Å². The smallest absolute Gasteiger partial charge is 0.231 e. The Hall–Kier alpha value is -1.30. The predicted molar refractivity (Wildman–Crippen MR) is 69.3 cm³/mol. The van der Waals surface area contributed by atoms with Gasteiger partial charge in [0, 0.05) is 19.2 Å². The van der Waals surface area contributed by atoms with Crippen molar-refractivity contribution >= 4 is 0 Å². The zero-order valence-electron chi connectivity index (χ0n) is 11.0. The summed E-state index contributed by atoms with van der Waals surface area (Å²) in [5, 5.41) is 13.5. The zero-order valence-corrected chi connectivity index (χ0v) is 11.0. The van der Waals surface area contributed by atoms with Crippen molar-refractivity contribution < 1.29 is 19.3 Å². The van der Waals surface area contributed by atoms with Crippen LogP contribution in [0.4, 0.5) is 0 Å². The molecule has 3 atom stereocenters. The van der Waals surface area contributed by atoms with Crippen LogP contribution in [0.2, 0.25) is 0 Å². The third kappa shape index (κ3) is 2.68. The van der Waals surface area contributed by atoms with Gasteiger partial charge in [-0.2, -0.15) is 0 Å². The van der Waals surface area contributed by atoms with Crippen LogP contribution in [-0.4, -0.2) is 37.2 Å². The summed E-state index contributed by atoms with van der Waals surface area (Å²) in [6.45, 7) is 3.61. The molecule has 0 saturated carbocycles. The average molecular weight is 265 g/mol. The van der Waals surface area contributed by atoms with E-state index in [4.69, 9.17) is 14.2 Å². The fourth-order valence-corrected chi connectivity index (χ4v) is 2.50. The van der Waals surface area contributed by atoms with E-state index in [9.17, 15) is 5.11 Å². The molecule has 19 heavy (non-hydrogen) atoms. The van der Waals surface area contributed by atoms with E-state index in [1.54, 1.807) is 0 Å². The SMILES string of the molecule is CC1OCCC1NCC(O)c1ccc2c(c1)OCO2. The lowest BCUT2D eigenvalue weighted by Crippen LogP contribution is -2.37. The van der Waals surface area contributed by atoms with E-state index in [0.717, 1.165) is 24.3 Å². The molecule has 0 spiro atoms. The molecule has 1 aromatic rings. The van der Waals surface area contributed by atoms with Crippen molar-refractivity contribution in [3.05, 3.63) is 23.8 Å². The van der Waals surface area contributed by atoms with E-state index >= 15 is 0 Å². The quantitative estimate of drug-likeness (QED) is 0.857. The number of aliphatic hydroxyl groups is 1. The van der Waals surface area contributed by atoms with Crippen molar-refractivity contribution in [1.82, 2.24) is 5.32 Å². The fourth-order valence-electron chi connectivity index (χ4n) is 2.50. The Kier molecular flexibility index (Phi) is 3.59. The highest BCUT2D eigenvalue weighted by atomic mass is 16.7. The van der Waals surface area contributed by atoms with Gasteiger partial charge < -0.3 is 24.6 Å². The Balaban J connectivity index is 1.59. The van der Waals surface area contributed by atoms with Crippen LogP contribution in [0.3, 0.4) is 0 Å². The van der Waals surface area contributed by atoms with E-state index in [1.165, 1.54) is 0 Å². The number of ether oxygens (including phenoxy) is 3. The van der Waals surface area contributed by atoms with E-state index < -0.39 is 6.10 Å². The van der Waals surface area contributed by atoms with Crippen LogP contribution < -0.4 is 14.8 Å². The highest BCUT2D eigenvalue weighted by Crippen LogP contribution is 2.34. The van der Waals surface area contributed by atoms with Gasteiger partial charge >= 0.3 is 0 Å². The molecule has 2 aliphatic heterocycles. The van der Waals surface area contributed by atoms with Gasteiger partial charge in [-0.1, -0.05) is 6.07 Å². The van der Waals surface area contributed by atoms with Gasteiger partial charge in [0.1, 0.15) is 0 Å². The second kappa shape index (κ2) is 5.36. The van der Waals surface area contributed by atoms with Gasteiger partial charge in [-0.3, -0.25) is 0 Å². The molecular formula is C14H19NO4. The summed E-state index contributed by atoms with van der Waals surface area (Å²) >= 11 is 0. The van der Waals surface area contributed by atoms with Gasteiger partial charge in [0.25, 0.3) is 0 Å². The van der Waals surface area contributed by atoms with Crippen LogP contribution in [0.15, 0.2) is 18.2 Å². The maximum absolute atomic E-state index is 10.2. The van der Waals surface area contributed by atoms with Crippen LogP contribution in [0, 0.1) is 0 Å². The second-order valence-corrected chi connectivity index (χ2v) is 5.01. The molecule has 0 aliphatic carbocycles. The van der Waals surface area contributed by atoms with E-state index in [0.29, 0.717) is 18.3 Å². The van der Waals surface area contributed by atoms with Gasteiger partial charge in [-0.05, 0) is 31.0 Å². The number of nitrogens with one attached hydrogen (secondary N) is 1. The number of hydrogen-bond acceptors (Lipinski definition) is 5. The molecule has 5 nitrogen and oxygen atoms in total. The predicted octanol–water partition coefficient (Wildman–Crippen LogP) is 1.22. The van der Waals surface area contributed by atoms with E-state index in [2.05, 4.69) is 12.2 Å². The summed E-state index contributed by atoms with van der Waals surface area (Å²) in [7, 11) is 0.